The highest BCUT2D eigenvalue weighted by molar-refractivity contribution is 7.90. The lowest BCUT2D eigenvalue weighted by Gasteiger charge is -2.20. The van der Waals surface area contributed by atoms with E-state index in [4.69, 9.17) is 5.14 Å². The van der Waals surface area contributed by atoms with Crippen LogP contribution in [-0.4, -0.2) is 19.9 Å². The first-order valence-corrected chi connectivity index (χ1v) is 6.28. The second-order valence-corrected chi connectivity index (χ2v) is 5.20. The summed E-state index contributed by atoms with van der Waals surface area (Å²) >= 11 is 0. The minimum atomic E-state index is -3.68. The quantitative estimate of drug-likeness (QED) is 0.813. The Bertz CT molecular complexity index is 428. The number of nitrogens with two attached hydrogens (primary N) is 1. The Morgan fingerprint density at radius 3 is 2.73 bits per heavy atom. The van der Waals surface area contributed by atoms with E-state index in [1.165, 1.54) is 10.5 Å². The molecule has 82 valence electrons. The summed E-state index contributed by atoms with van der Waals surface area (Å²) in [6, 6.07) is 3.39. The predicted octanol–water partition coefficient (Wildman–Crippen LogP) is 0.501. The molecule has 6 heteroatoms. The Kier molecular flexibility index (Phi) is 2.62. The Balaban J connectivity index is 2.25. The van der Waals surface area contributed by atoms with E-state index in [0.717, 1.165) is 12.8 Å². The molecule has 0 amide bonds. The summed E-state index contributed by atoms with van der Waals surface area (Å²) < 4.78 is 24.0. The third kappa shape index (κ3) is 2.66. The van der Waals surface area contributed by atoms with Crippen LogP contribution in [0.3, 0.4) is 0 Å². The molecule has 0 bridgehead atoms. The Labute approximate surface area is 89.1 Å². The van der Waals surface area contributed by atoms with Crippen LogP contribution < -0.4 is 9.44 Å². The van der Waals surface area contributed by atoms with Crippen molar-refractivity contribution in [1.29, 1.82) is 0 Å². The largest absolute Gasteiger partial charge is 0.299 e. The number of nitrogens with zero attached hydrogens (tertiary/aromatic N) is 2. The maximum absolute atomic E-state index is 11.4. The lowest BCUT2D eigenvalue weighted by molar-refractivity contribution is 0.590. The van der Waals surface area contributed by atoms with Crippen molar-refractivity contribution in [3.63, 3.8) is 0 Å². The lowest BCUT2D eigenvalue weighted by atomic mass is 10.3. The van der Waals surface area contributed by atoms with Crippen molar-refractivity contribution < 1.29 is 8.42 Å². The van der Waals surface area contributed by atoms with E-state index in [1.54, 1.807) is 18.3 Å². The van der Waals surface area contributed by atoms with Crippen molar-refractivity contribution in [3.05, 3.63) is 24.5 Å². The fraction of sp³-hybridized carbons (Fsp3) is 0.444. The second-order valence-electron chi connectivity index (χ2n) is 3.73. The van der Waals surface area contributed by atoms with Gasteiger partial charge in [0.05, 0.1) is 11.9 Å². The summed E-state index contributed by atoms with van der Waals surface area (Å²) in [7, 11) is -3.68. The zero-order valence-corrected chi connectivity index (χ0v) is 9.02. The molecule has 5 nitrogen and oxygen atoms in total. The van der Waals surface area contributed by atoms with Crippen molar-refractivity contribution in [2.24, 2.45) is 11.1 Å². The van der Waals surface area contributed by atoms with Gasteiger partial charge in [0.15, 0.2) is 0 Å². The van der Waals surface area contributed by atoms with Crippen LogP contribution in [0.1, 0.15) is 12.8 Å². The molecule has 1 aliphatic rings. The molecule has 1 aliphatic carbocycles. The standard InChI is InChI=1S/C9H13N3O2S/c10-15(13,14)12(7-8-3-4-8)9-2-1-5-11-6-9/h1-2,5-6,8H,3-4,7H2,(H2,10,13,14). The molecule has 1 fully saturated rings. The molecule has 1 aromatic heterocycles. The molecule has 15 heavy (non-hydrogen) atoms. The van der Waals surface area contributed by atoms with Gasteiger partial charge in [-0.3, -0.25) is 9.29 Å². The van der Waals surface area contributed by atoms with E-state index >= 15 is 0 Å². The van der Waals surface area contributed by atoms with Gasteiger partial charge in [0.2, 0.25) is 0 Å². The van der Waals surface area contributed by atoms with Crippen LogP contribution in [0, 0.1) is 5.92 Å². The van der Waals surface area contributed by atoms with Crippen LogP contribution in [0.4, 0.5) is 5.69 Å². The Hall–Kier alpha value is -1.14. The summed E-state index contributed by atoms with van der Waals surface area (Å²) in [5.74, 6) is 0.448. The van der Waals surface area contributed by atoms with E-state index in [-0.39, 0.29) is 0 Å². The smallest absolute Gasteiger partial charge is 0.263 e. The second kappa shape index (κ2) is 3.79. The number of aromatic nitrogens is 1. The van der Waals surface area contributed by atoms with Crippen LogP contribution in [0.25, 0.3) is 0 Å². The summed E-state index contributed by atoms with van der Waals surface area (Å²) in [6.45, 7) is 0.463. The van der Waals surface area contributed by atoms with Gasteiger partial charge in [-0.15, -0.1) is 0 Å². The average molecular weight is 227 g/mol. The van der Waals surface area contributed by atoms with Crippen molar-refractivity contribution in [1.82, 2.24) is 4.98 Å². The third-order valence-corrected chi connectivity index (χ3v) is 3.34. The average Bonchev–Trinajstić information content (AvgIpc) is 2.97. The molecular weight excluding hydrogens is 214 g/mol. The minimum absolute atomic E-state index is 0.448. The van der Waals surface area contributed by atoms with Gasteiger partial charge in [-0.25, -0.2) is 5.14 Å². The lowest BCUT2D eigenvalue weighted by Crippen LogP contribution is -2.38. The third-order valence-electron chi connectivity index (χ3n) is 2.36. The summed E-state index contributed by atoms with van der Waals surface area (Å²) in [6.07, 6.45) is 5.26. The molecule has 2 N–H and O–H groups in total. The molecule has 0 unspecified atom stereocenters. The topological polar surface area (TPSA) is 76.3 Å². The first kappa shape index (κ1) is 10.4. The fourth-order valence-electron chi connectivity index (χ4n) is 1.39. The van der Waals surface area contributed by atoms with Gasteiger partial charge in [0.25, 0.3) is 10.2 Å². The van der Waals surface area contributed by atoms with E-state index in [9.17, 15) is 8.42 Å². The normalized spacial score (nSPS) is 16.3. The molecule has 0 radical (unpaired) electrons. The number of hydrogen-bond acceptors (Lipinski definition) is 3. The minimum Gasteiger partial charge on any atom is -0.263 e. The Morgan fingerprint density at radius 2 is 2.27 bits per heavy atom. The molecular formula is C9H13N3O2S. The first-order chi connectivity index (χ1) is 7.07. The molecule has 0 spiro atoms. The Morgan fingerprint density at radius 1 is 1.53 bits per heavy atom. The van der Waals surface area contributed by atoms with Gasteiger partial charge in [-0.05, 0) is 30.9 Å². The zero-order valence-electron chi connectivity index (χ0n) is 8.20. The molecule has 1 saturated carbocycles. The molecule has 0 atom stereocenters. The zero-order chi connectivity index (χ0) is 10.9. The monoisotopic (exact) mass is 227 g/mol. The molecule has 0 aromatic carbocycles. The van der Waals surface area contributed by atoms with Gasteiger partial charge >= 0.3 is 0 Å². The van der Waals surface area contributed by atoms with E-state index < -0.39 is 10.2 Å². The van der Waals surface area contributed by atoms with E-state index in [0.29, 0.717) is 18.2 Å². The van der Waals surface area contributed by atoms with Gasteiger partial charge in [0.1, 0.15) is 0 Å². The van der Waals surface area contributed by atoms with Crippen LogP contribution in [0.5, 0.6) is 0 Å². The van der Waals surface area contributed by atoms with Crippen molar-refractivity contribution >= 4 is 15.9 Å². The number of pyridine rings is 1. The van der Waals surface area contributed by atoms with Gasteiger partial charge in [-0.1, -0.05) is 0 Å². The van der Waals surface area contributed by atoms with Gasteiger partial charge in [-0.2, -0.15) is 8.42 Å². The van der Waals surface area contributed by atoms with Gasteiger partial charge < -0.3 is 0 Å². The summed E-state index contributed by atoms with van der Waals surface area (Å²) in [5, 5.41) is 5.16. The van der Waals surface area contributed by atoms with Crippen molar-refractivity contribution in [3.8, 4) is 0 Å². The number of anilines is 1. The summed E-state index contributed by atoms with van der Waals surface area (Å²) in [4.78, 5) is 3.89. The maximum atomic E-state index is 11.4. The molecule has 0 saturated heterocycles. The van der Waals surface area contributed by atoms with E-state index in [2.05, 4.69) is 4.98 Å². The predicted molar refractivity (Wildman–Crippen MR) is 57.4 cm³/mol. The van der Waals surface area contributed by atoms with Crippen LogP contribution in [0.2, 0.25) is 0 Å². The van der Waals surface area contributed by atoms with Crippen LogP contribution in [-0.2, 0) is 10.2 Å². The highest BCUT2D eigenvalue weighted by atomic mass is 32.2. The highest BCUT2D eigenvalue weighted by Gasteiger charge is 2.29. The highest BCUT2D eigenvalue weighted by Crippen LogP contribution is 2.31. The maximum Gasteiger partial charge on any atom is 0.299 e. The van der Waals surface area contributed by atoms with E-state index in [1.807, 2.05) is 0 Å². The van der Waals surface area contributed by atoms with Crippen LogP contribution >= 0.6 is 0 Å². The molecule has 1 heterocycles. The first-order valence-electron chi connectivity index (χ1n) is 4.78. The molecule has 0 aliphatic heterocycles. The van der Waals surface area contributed by atoms with Crippen LogP contribution in [0.15, 0.2) is 24.5 Å². The number of hydrogen-bond donors (Lipinski definition) is 1. The molecule has 1 aromatic rings. The summed E-state index contributed by atoms with van der Waals surface area (Å²) in [5.41, 5.74) is 0.534. The number of rotatable bonds is 4. The molecule has 2 rings (SSSR count). The van der Waals surface area contributed by atoms with Crippen molar-refractivity contribution in [2.75, 3.05) is 10.8 Å². The van der Waals surface area contributed by atoms with Gasteiger partial charge in [0, 0.05) is 12.7 Å². The fourth-order valence-corrected chi connectivity index (χ4v) is 2.21. The van der Waals surface area contributed by atoms with Crippen molar-refractivity contribution in [2.45, 2.75) is 12.8 Å². The SMILES string of the molecule is NS(=O)(=O)N(CC1CC1)c1cccnc1.